The fourth-order valence-electron chi connectivity index (χ4n) is 2.48. The summed E-state index contributed by atoms with van der Waals surface area (Å²) in [5.41, 5.74) is 0.701. The molecule has 2 aromatic rings. The second kappa shape index (κ2) is 8.93. The van der Waals surface area contributed by atoms with Crippen LogP contribution in [0.15, 0.2) is 42.5 Å². The summed E-state index contributed by atoms with van der Waals surface area (Å²) in [6.07, 6.45) is -1.08. The van der Waals surface area contributed by atoms with E-state index >= 15 is 0 Å². The van der Waals surface area contributed by atoms with Crippen LogP contribution in [0, 0.1) is 0 Å². The first-order valence-electron chi connectivity index (χ1n) is 8.20. The summed E-state index contributed by atoms with van der Waals surface area (Å²) in [6.45, 7) is 0. The summed E-state index contributed by atoms with van der Waals surface area (Å²) in [6, 6.07) is 11.8. The van der Waals surface area contributed by atoms with E-state index in [9.17, 15) is 9.59 Å². The van der Waals surface area contributed by atoms with Crippen molar-refractivity contribution in [3.05, 3.63) is 53.6 Å². The van der Waals surface area contributed by atoms with Crippen molar-refractivity contribution in [3.8, 4) is 17.2 Å². The summed E-state index contributed by atoms with van der Waals surface area (Å²) in [4.78, 5) is 26.8. The zero-order valence-corrected chi connectivity index (χ0v) is 16.0. The second-order valence-electron chi connectivity index (χ2n) is 5.84. The average Bonchev–Trinajstić information content (AvgIpc) is 2.70. The summed E-state index contributed by atoms with van der Waals surface area (Å²) >= 11 is 0. The van der Waals surface area contributed by atoms with Crippen LogP contribution in [0.3, 0.4) is 0 Å². The minimum atomic E-state index is -1.08. The molecule has 0 heterocycles. The standard InChI is InChI=1S/C20H23NO6/c1-21(2)19(22)18(13-9-7-6-8-10-13)27-20(23)14-11-16(25-4)17(26-5)12-15(14)24-3/h6-12,18H,1-5H3/t18-/m0/s1. The molecule has 0 spiro atoms. The molecule has 1 atom stereocenters. The van der Waals surface area contributed by atoms with Gasteiger partial charge in [0.2, 0.25) is 6.10 Å². The summed E-state index contributed by atoms with van der Waals surface area (Å²) in [5.74, 6) is -0.0528. The molecule has 0 aliphatic heterocycles. The third-order valence-electron chi connectivity index (χ3n) is 3.92. The maximum Gasteiger partial charge on any atom is 0.343 e. The van der Waals surface area contributed by atoms with Crippen molar-refractivity contribution < 1.29 is 28.5 Å². The molecule has 0 aliphatic rings. The molecule has 0 aliphatic carbocycles. The topological polar surface area (TPSA) is 74.3 Å². The van der Waals surface area contributed by atoms with Gasteiger partial charge in [-0.3, -0.25) is 4.79 Å². The van der Waals surface area contributed by atoms with Crippen LogP contribution in [0.5, 0.6) is 17.2 Å². The lowest BCUT2D eigenvalue weighted by Gasteiger charge is -2.22. The smallest absolute Gasteiger partial charge is 0.343 e. The highest BCUT2D eigenvalue weighted by atomic mass is 16.6. The molecule has 144 valence electrons. The number of hydrogen-bond acceptors (Lipinski definition) is 6. The lowest BCUT2D eigenvalue weighted by Crippen LogP contribution is -2.31. The van der Waals surface area contributed by atoms with Crippen molar-refractivity contribution in [3.63, 3.8) is 0 Å². The highest BCUT2D eigenvalue weighted by molar-refractivity contribution is 5.95. The minimum absolute atomic E-state index is 0.127. The third kappa shape index (κ3) is 4.49. The molecule has 0 radical (unpaired) electrons. The van der Waals surface area contributed by atoms with Crippen LogP contribution in [-0.2, 0) is 9.53 Å². The van der Waals surface area contributed by atoms with Gasteiger partial charge >= 0.3 is 5.97 Å². The average molecular weight is 373 g/mol. The van der Waals surface area contributed by atoms with Gasteiger partial charge in [0.1, 0.15) is 11.3 Å². The van der Waals surface area contributed by atoms with E-state index in [1.165, 1.54) is 38.4 Å². The Kier molecular flexibility index (Phi) is 6.65. The molecule has 0 unspecified atom stereocenters. The van der Waals surface area contributed by atoms with Crippen LogP contribution in [0.4, 0.5) is 0 Å². The Labute approximate surface area is 158 Å². The van der Waals surface area contributed by atoms with Crippen molar-refractivity contribution in [1.82, 2.24) is 4.90 Å². The Hall–Kier alpha value is -3.22. The van der Waals surface area contributed by atoms with E-state index in [2.05, 4.69) is 0 Å². The van der Waals surface area contributed by atoms with Crippen LogP contribution < -0.4 is 14.2 Å². The Morgan fingerprint density at radius 2 is 1.41 bits per heavy atom. The van der Waals surface area contributed by atoms with Crippen molar-refractivity contribution >= 4 is 11.9 Å². The molecule has 27 heavy (non-hydrogen) atoms. The second-order valence-corrected chi connectivity index (χ2v) is 5.84. The van der Waals surface area contributed by atoms with E-state index in [0.717, 1.165) is 0 Å². The molecule has 2 aromatic carbocycles. The van der Waals surface area contributed by atoms with Crippen LogP contribution in [0.1, 0.15) is 22.0 Å². The molecule has 0 fully saturated rings. The number of benzene rings is 2. The fraction of sp³-hybridized carbons (Fsp3) is 0.300. The molecule has 7 heteroatoms. The molecule has 1 amide bonds. The first kappa shape index (κ1) is 20.1. The van der Waals surface area contributed by atoms with Gasteiger partial charge < -0.3 is 23.8 Å². The first-order chi connectivity index (χ1) is 12.9. The number of ether oxygens (including phenoxy) is 4. The molecule has 0 N–H and O–H groups in total. The SMILES string of the molecule is COc1cc(OC)c(C(=O)O[C@H](C(=O)N(C)C)c2ccccc2)cc1OC. The number of hydrogen-bond donors (Lipinski definition) is 0. The molecule has 0 saturated carbocycles. The van der Waals surface area contributed by atoms with Crippen molar-refractivity contribution in [2.45, 2.75) is 6.10 Å². The number of rotatable bonds is 7. The summed E-state index contributed by atoms with van der Waals surface area (Å²) in [5, 5.41) is 0. The van der Waals surface area contributed by atoms with E-state index in [1.54, 1.807) is 38.4 Å². The van der Waals surface area contributed by atoms with Crippen molar-refractivity contribution in [1.29, 1.82) is 0 Å². The van der Waals surface area contributed by atoms with Gasteiger partial charge in [-0.25, -0.2) is 4.79 Å². The number of carbonyl (C=O) groups is 2. The van der Waals surface area contributed by atoms with Crippen LogP contribution in [0.2, 0.25) is 0 Å². The van der Waals surface area contributed by atoms with E-state index in [0.29, 0.717) is 17.1 Å². The highest BCUT2D eigenvalue weighted by Gasteiger charge is 2.29. The quantitative estimate of drug-likeness (QED) is 0.695. The lowest BCUT2D eigenvalue weighted by atomic mass is 10.1. The van der Waals surface area contributed by atoms with E-state index < -0.39 is 12.1 Å². The Bertz CT molecular complexity index is 804. The molecule has 7 nitrogen and oxygen atoms in total. The van der Waals surface area contributed by atoms with Gasteiger partial charge in [-0.1, -0.05) is 30.3 Å². The number of nitrogens with zero attached hydrogens (tertiary/aromatic N) is 1. The van der Waals surface area contributed by atoms with E-state index in [4.69, 9.17) is 18.9 Å². The number of likely N-dealkylation sites (N-methyl/N-ethyl adjacent to an activating group) is 1. The molecule has 2 rings (SSSR count). The van der Waals surface area contributed by atoms with Crippen LogP contribution in [-0.4, -0.2) is 52.2 Å². The van der Waals surface area contributed by atoms with Crippen LogP contribution >= 0.6 is 0 Å². The number of amides is 1. The number of methoxy groups -OCH3 is 3. The summed E-state index contributed by atoms with van der Waals surface area (Å²) < 4.78 is 21.3. The van der Waals surface area contributed by atoms with Gasteiger partial charge in [0, 0.05) is 31.8 Å². The van der Waals surface area contributed by atoms with Gasteiger partial charge in [-0.15, -0.1) is 0 Å². The Morgan fingerprint density at radius 1 is 0.852 bits per heavy atom. The third-order valence-corrected chi connectivity index (χ3v) is 3.92. The molecule has 0 bridgehead atoms. The largest absolute Gasteiger partial charge is 0.496 e. The van der Waals surface area contributed by atoms with Crippen molar-refractivity contribution in [2.75, 3.05) is 35.4 Å². The molecule has 0 aromatic heterocycles. The maximum atomic E-state index is 12.8. The van der Waals surface area contributed by atoms with E-state index in [1.807, 2.05) is 6.07 Å². The van der Waals surface area contributed by atoms with Gasteiger partial charge in [0.25, 0.3) is 5.91 Å². The maximum absolute atomic E-state index is 12.8. The minimum Gasteiger partial charge on any atom is -0.496 e. The zero-order chi connectivity index (χ0) is 20.0. The predicted octanol–water partition coefficient (Wildman–Crippen LogP) is 2.70. The zero-order valence-electron chi connectivity index (χ0n) is 16.0. The summed E-state index contributed by atoms with van der Waals surface area (Å²) in [7, 11) is 7.57. The van der Waals surface area contributed by atoms with Gasteiger partial charge in [-0.2, -0.15) is 0 Å². The monoisotopic (exact) mass is 373 g/mol. The van der Waals surface area contributed by atoms with Crippen LogP contribution in [0.25, 0.3) is 0 Å². The van der Waals surface area contributed by atoms with E-state index in [-0.39, 0.29) is 17.2 Å². The Morgan fingerprint density at radius 3 is 1.93 bits per heavy atom. The normalized spacial score (nSPS) is 11.3. The molecular formula is C20H23NO6. The number of carbonyl (C=O) groups excluding carboxylic acids is 2. The first-order valence-corrected chi connectivity index (χ1v) is 8.20. The Balaban J connectivity index is 2.41. The predicted molar refractivity (Wildman–Crippen MR) is 99.4 cm³/mol. The van der Waals surface area contributed by atoms with Gasteiger partial charge in [0.05, 0.1) is 21.3 Å². The highest BCUT2D eigenvalue weighted by Crippen LogP contribution is 2.35. The lowest BCUT2D eigenvalue weighted by molar-refractivity contribution is -0.138. The fourth-order valence-corrected chi connectivity index (χ4v) is 2.48. The number of esters is 1. The molecular weight excluding hydrogens is 350 g/mol. The van der Waals surface area contributed by atoms with Gasteiger partial charge in [-0.05, 0) is 0 Å². The molecule has 0 saturated heterocycles. The van der Waals surface area contributed by atoms with Crippen molar-refractivity contribution in [2.24, 2.45) is 0 Å². The van der Waals surface area contributed by atoms with Gasteiger partial charge in [0.15, 0.2) is 11.5 Å².